The number of benzene rings is 1. The summed E-state index contributed by atoms with van der Waals surface area (Å²) in [6.45, 7) is -0.367. The van der Waals surface area contributed by atoms with Gasteiger partial charge in [-0.15, -0.1) is 0 Å². The smallest absolute Gasteiger partial charge is 0.395 e. The van der Waals surface area contributed by atoms with Crippen LogP contribution < -0.4 is 5.32 Å². The number of amides is 1. The van der Waals surface area contributed by atoms with E-state index in [1.165, 1.54) is 6.07 Å². The molecule has 1 aromatic carbocycles. The van der Waals surface area contributed by atoms with Crippen LogP contribution in [0.1, 0.15) is 16.2 Å². The zero-order valence-electron chi connectivity index (χ0n) is 10.8. The zero-order valence-corrected chi connectivity index (χ0v) is 10.8. The highest BCUT2D eigenvalue weighted by molar-refractivity contribution is 5.94. The molecule has 2 N–H and O–H groups in total. The van der Waals surface area contributed by atoms with Crippen molar-refractivity contribution in [1.29, 1.82) is 0 Å². The van der Waals surface area contributed by atoms with Gasteiger partial charge in [0.2, 0.25) is 5.82 Å². The van der Waals surface area contributed by atoms with Crippen LogP contribution in [0.2, 0.25) is 0 Å². The lowest BCUT2D eigenvalue weighted by Gasteiger charge is -2.05. The molecule has 6 nitrogen and oxygen atoms in total. The topological polar surface area (TPSA) is 88.2 Å². The molecule has 0 aliphatic carbocycles. The SMILES string of the molecule is O=C(NCCO)c1ccc(-c2noc(C(F)(F)F)n2)cc1F. The summed E-state index contributed by atoms with van der Waals surface area (Å²) in [4.78, 5) is 14.7. The summed E-state index contributed by atoms with van der Waals surface area (Å²) in [7, 11) is 0. The number of alkyl halides is 3. The molecule has 0 spiro atoms. The van der Waals surface area contributed by atoms with Crippen molar-refractivity contribution in [3.63, 3.8) is 0 Å². The molecule has 0 aliphatic rings. The fourth-order valence-corrected chi connectivity index (χ4v) is 1.56. The van der Waals surface area contributed by atoms with E-state index in [1.54, 1.807) is 0 Å². The summed E-state index contributed by atoms with van der Waals surface area (Å²) in [6.07, 6.45) is -4.80. The summed E-state index contributed by atoms with van der Waals surface area (Å²) in [5.41, 5.74) is -0.396. The number of halogens is 4. The third-order valence-electron chi connectivity index (χ3n) is 2.54. The molecule has 0 fully saturated rings. The minimum Gasteiger partial charge on any atom is -0.395 e. The van der Waals surface area contributed by atoms with Crippen LogP contribution in [-0.2, 0) is 6.18 Å². The van der Waals surface area contributed by atoms with E-state index in [9.17, 15) is 22.4 Å². The van der Waals surface area contributed by atoms with Gasteiger partial charge in [0, 0.05) is 12.1 Å². The van der Waals surface area contributed by atoms with Gasteiger partial charge in [-0.1, -0.05) is 11.2 Å². The molecule has 0 atom stereocenters. The molecule has 2 rings (SSSR count). The Morgan fingerprint density at radius 2 is 2.09 bits per heavy atom. The van der Waals surface area contributed by atoms with Crippen LogP contribution in [0, 0.1) is 5.82 Å². The molecule has 1 amide bonds. The molecule has 0 radical (unpaired) electrons. The van der Waals surface area contributed by atoms with Crippen molar-refractivity contribution in [2.24, 2.45) is 0 Å². The molecule has 0 aliphatic heterocycles. The third kappa shape index (κ3) is 3.39. The van der Waals surface area contributed by atoms with E-state index < -0.39 is 29.6 Å². The average Bonchev–Trinajstić information content (AvgIpc) is 2.94. The number of carbonyl (C=O) groups is 1. The Hall–Kier alpha value is -2.49. The number of aliphatic hydroxyl groups excluding tert-OH is 1. The van der Waals surface area contributed by atoms with Gasteiger partial charge in [0.05, 0.1) is 12.2 Å². The van der Waals surface area contributed by atoms with Gasteiger partial charge in [0.25, 0.3) is 5.91 Å². The fourth-order valence-electron chi connectivity index (χ4n) is 1.56. The maximum absolute atomic E-state index is 13.8. The second-order valence-electron chi connectivity index (χ2n) is 4.10. The van der Waals surface area contributed by atoms with Gasteiger partial charge in [-0.3, -0.25) is 4.79 Å². The van der Waals surface area contributed by atoms with Gasteiger partial charge < -0.3 is 14.9 Å². The monoisotopic (exact) mass is 319 g/mol. The van der Waals surface area contributed by atoms with Crippen molar-refractivity contribution < 1.29 is 32.0 Å². The normalized spacial score (nSPS) is 11.5. The molecule has 1 heterocycles. The van der Waals surface area contributed by atoms with Crippen LogP contribution in [0.4, 0.5) is 17.6 Å². The molecule has 10 heteroatoms. The molecule has 0 bridgehead atoms. The van der Waals surface area contributed by atoms with Crippen molar-refractivity contribution >= 4 is 5.91 Å². The van der Waals surface area contributed by atoms with E-state index >= 15 is 0 Å². The summed E-state index contributed by atoms with van der Waals surface area (Å²) >= 11 is 0. The van der Waals surface area contributed by atoms with Crippen LogP contribution in [0.15, 0.2) is 22.7 Å². The van der Waals surface area contributed by atoms with E-state index in [0.29, 0.717) is 0 Å². The Labute approximate surface area is 120 Å². The Kier molecular flexibility index (Phi) is 4.40. The molecule has 2 aromatic rings. The molecule has 0 saturated heterocycles. The molecule has 22 heavy (non-hydrogen) atoms. The largest absolute Gasteiger partial charge is 0.471 e. The van der Waals surface area contributed by atoms with Gasteiger partial charge >= 0.3 is 12.1 Å². The maximum atomic E-state index is 13.8. The summed E-state index contributed by atoms with van der Waals surface area (Å²) < 4.78 is 54.9. The van der Waals surface area contributed by atoms with Crippen molar-refractivity contribution in [3.8, 4) is 11.4 Å². The minimum atomic E-state index is -4.80. The van der Waals surface area contributed by atoms with Crippen LogP contribution in [0.3, 0.4) is 0 Å². The number of hydrogen-bond donors (Lipinski definition) is 2. The van der Waals surface area contributed by atoms with E-state index in [-0.39, 0.29) is 24.3 Å². The van der Waals surface area contributed by atoms with Gasteiger partial charge in [0.1, 0.15) is 5.82 Å². The first-order valence-corrected chi connectivity index (χ1v) is 5.93. The van der Waals surface area contributed by atoms with Gasteiger partial charge in [-0.2, -0.15) is 18.2 Å². The van der Waals surface area contributed by atoms with Crippen LogP contribution >= 0.6 is 0 Å². The highest BCUT2D eigenvalue weighted by atomic mass is 19.4. The lowest BCUT2D eigenvalue weighted by atomic mass is 10.1. The zero-order chi connectivity index (χ0) is 16.3. The molecular formula is C12H9F4N3O3. The number of nitrogens with zero attached hydrogens (tertiary/aromatic N) is 2. The number of aliphatic hydroxyl groups is 1. The van der Waals surface area contributed by atoms with E-state index in [2.05, 4.69) is 20.0 Å². The summed E-state index contributed by atoms with van der Waals surface area (Å²) in [6, 6.07) is 3.07. The van der Waals surface area contributed by atoms with Crippen molar-refractivity contribution in [2.45, 2.75) is 6.18 Å². The van der Waals surface area contributed by atoms with Gasteiger partial charge in [-0.25, -0.2) is 4.39 Å². The lowest BCUT2D eigenvalue weighted by Crippen LogP contribution is -2.27. The third-order valence-corrected chi connectivity index (χ3v) is 2.54. The standard InChI is InChI=1S/C12H9F4N3O3/c13-8-5-6(1-2-7(8)10(21)17-3-4-20)9-18-11(22-19-9)12(14,15)16/h1-2,5,20H,3-4H2,(H,17,21). The number of rotatable bonds is 4. The first-order chi connectivity index (χ1) is 10.3. The number of carbonyl (C=O) groups excluding carboxylic acids is 1. The molecular weight excluding hydrogens is 310 g/mol. The Morgan fingerprint density at radius 3 is 2.64 bits per heavy atom. The lowest BCUT2D eigenvalue weighted by molar-refractivity contribution is -0.159. The number of hydrogen-bond acceptors (Lipinski definition) is 5. The average molecular weight is 319 g/mol. The summed E-state index contributed by atoms with van der Waals surface area (Å²) in [5, 5.41) is 13.9. The predicted molar refractivity (Wildman–Crippen MR) is 64.1 cm³/mol. The summed E-state index contributed by atoms with van der Waals surface area (Å²) in [5.74, 6) is -3.73. The highest BCUT2D eigenvalue weighted by Gasteiger charge is 2.38. The molecule has 0 unspecified atom stereocenters. The van der Waals surface area contributed by atoms with E-state index in [1.807, 2.05) is 0 Å². The van der Waals surface area contributed by atoms with Crippen molar-refractivity contribution in [1.82, 2.24) is 15.5 Å². The highest BCUT2D eigenvalue weighted by Crippen LogP contribution is 2.29. The predicted octanol–water partition coefficient (Wildman–Crippen LogP) is 1.62. The Balaban J connectivity index is 2.26. The van der Waals surface area contributed by atoms with Crippen molar-refractivity contribution in [2.75, 3.05) is 13.2 Å². The number of nitrogens with one attached hydrogen (secondary N) is 1. The quantitative estimate of drug-likeness (QED) is 0.836. The Bertz CT molecular complexity index is 684. The maximum Gasteiger partial charge on any atom is 0.471 e. The van der Waals surface area contributed by atoms with Gasteiger partial charge in [0.15, 0.2) is 0 Å². The van der Waals surface area contributed by atoms with Crippen molar-refractivity contribution in [3.05, 3.63) is 35.5 Å². The van der Waals surface area contributed by atoms with Crippen LogP contribution in [-0.4, -0.2) is 34.3 Å². The second kappa shape index (κ2) is 6.10. The first-order valence-electron chi connectivity index (χ1n) is 5.93. The molecule has 118 valence electrons. The first kappa shape index (κ1) is 15.9. The van der Waals surface area contributed by atoms with Crippen LogP contribution in [0.5, 0.6) is 0 Å². The van der Waals surface area contributed by atoms with Crippen LogP contribution in [0.25, 0.3) is 11.4 Å². The minimum absolute atomic E-state index is 0.0557. The van der Waals surface area contributed by atoms with E-state index in [0.717, 1.165) is 12.1 Å². The second-order valence-corrected chi connectivity index (χ2v) is 4.10. The van der Waals surface area contributed by atoms with Gasteiger partial charge in [-0.05, 0) is 12.1 Å². The fraction of sp³-hybridized carbons (Fsp3) is 0.250. The molecule has 0 saturated carbocycles. The van der Waals surface area contributed by atoms with E-state index in [4.69, 9.17) is 5.11 Å². The number of aromatic nitrogens is 2. The molecule has 1 aromatic heterocycles. The Morgan fingerprint density at radius 1 is 1.36 bits per heavy atom.